The Bertz CT molecular complexity index is 661. The second kappa shape index (κ2) is 7.09. The van der Waals surface area contributed by atoms with Crippen LogP contribution in [-0.4, -0.2) is 35.5 Å². The summed E-state index contributed by atoms with van der Waals surface area (Å²) in [5.41, 5.74) is 6.43. The molecule has 2 aromatic rings. The second-order valence-electron chi connectivity index (χ2n) is 5.83. The average molecular weight is 311 g/mol. The number of nitrogens with zero attached hydrogens (tertiary/aromatic N) is 3. The maximum Gasteiger partial charge on any atom is 0.251 e. The molecule has 1 unspecified atom stereocenters. The van der Waals surface area contributed by atoms with Gasteiger partial charge in [-0.15, -0.1) is 0 Å². The van der Waals surface area contributed by atoms with E-state index in [9.17, 15) is 4.79 Å². The zero-order chi connectivity index (χ0) is 16.1. The zero-order valence-electron chi connectivity index (χ0n) is 13.0. The summed E-state index contributed by atoms with van der Waals surface area (Å²) < 4.78 is 0. The van der Waals surface area contributed by atoms with Crippen molar-refractivity contribution in [1.82, 2.24) is 15.3 Å². The van der Waals surface area contributed by atoms with Crippen LogP contribution in [0.3, 0.4) is 0 Å². The van der Waals surface area contributed by atoms with Gasteiger partial charge in [-0.3, -0.25) is 4.79 Å². The SMILES string of the molecule is Nc1cc(N2CCCC(CNC(=O)c3ccccc3)C2)ncn1. The molecule has 0 radical (unpaired) electrons. The van der Waals surface area contributed by atoms with Gasteiger partial charge >= 0.3 is 0 Å². The van der Waals surface area contributed by atoms with Gasteiger partial charge in [0.15, 0.2) is 0 Å². The van der Waals surface area contributed by atoms with Crippen LogP contribution < -0.4 is 16.0 Å². The molecule has 0 saturated carbocycles. The van der Waals surface area contributed by atoms with Crippen LogP contribution in [0, 0.1) is 5.92 Å². The van der Waals surface area contributed by atoms with Gasteiger partial charge in [-0.25, -0.2) is 9.97 Å². The van der Waals surface area contributed by atoms with Crippen molar-refractivity contribution in [2.75, 3.05) is 30.3 Å². The summed E-state index contributed by atoms with van der Waals surface area (Å²) in [5.74, 6) is 1.73. The predicted molar refractivity (Wildman–Crippen MR) is 90.2 cm³/mol. The summed E-state index contributed by atoms with van der Waals surface area (Å²) in [6.45, 7) is 2.50. The van der Waals surface area contributed by atoms with E-state index in [1.165, 1.54) is 6.33 Å². The summed E-state index contributed by atoms with van der Waals surface area (Å²) in [5, 5.41) is 3.03. The van der Waals surface area contributed by atoms with Gasteiger partial charge < -0.3 is 16.0 Å². The van der Waals surface area contributed by atoms with Gasteiger partial charge in [0.1, 0.15) is 18.0 Å². The zero-order valence-corrected chi connectivity index (χ0v) is 13.0. The van der Waals surface area contributed by atoms with Crippen LogP contribution in [-0.2, 0) is 0 Å². The van der Waals surface area contributed by atoms with Gasteiger partial charge in [0.05, 0.1) is 0 Å². The molecule has 0 spiro atoms. The van der Waals surface area contributed by atoms with Gasteiger partial charge in [0.2, 0.25) is 0 Å². The number of benzene rings is 1. The monoisotopic (exact) mass is 311 g/mol. The first-order valence-electron chi connectivity index (χ1n) is 7.88. The van der Waals surface area contributed by atoms with E-state index in [2.05, 4.69) is 20.2 Å². The normalized spacial score (nSPS) is 17.7. The summed E-state index contributed by atoms with van der Waals surface area (Å²) in [4.78, 5) is 22.5. The molecule has 1 atom stereocenters. The molecule has 23 heavy (non-hydrogen) atoms. The van der Waals surface area contributed by atoms with E-state index in [4.69, 9.17) is 5.73 Å². The van der Waals surface area contributed by atoms with Crippen LogP contribution in [0.1, 0.15) is 23.2 Å². The van der Waals surface area contributed by atoms with Crippen molar-refractivity contribution in [3.8, 4) is 0 Å². The van der Waals surface area contributed by atoms with Crippen molar-refractivity contribution in [3.05, 3.63) is 48.3 Å². The lowest BCUT2D eigenvalue weighted by atomic mass is 9.98. The Balaban J connectivity index is 1.56. The molecule has 6 heteroatoms. The second-order valence-corrected chi connectivity index (χ2v) is 5.83. The average Bonchev–Trinajstić information content (AvgIpc) is 2.61. The van der Waals surface area contributed by atoms with Crippen molar-refractivity contribution < 1.29 is 4.79 Å². The summed E-state index contributed by atoms with van der Waals surface area (Å²) in [7, 11) is 0. The Morgan fingerprint density at radius 1 is 1.30 bits per heavy atom. The molecule has 3 rings (SSSR count). The highest BCUT2D eigenvalue weighted by molar-refractivity contribution is 5.94. The quantitative estimate of drug-likeness (QED) is 0.898. The fourth-order valence-corrected chi connectivity index (χ4v) is 2.90. The number of hydrogen-bond acceptors (Lipinski definition) is 5. The highest BCUT2D eigenvalue weighted by Gasteiger charge is 2.21. The maximum atomic E-state index is 12.1. The first-order chi connectivity index (χ1) is 11.2. The van der Waals surface area contributed by atoms with Crippen LogP contribution in [0.2, 0.25) is 0 Å². The summed E-state index contributed by atoms with van der Waals surface area (Å²) in [6, 6.07) is 11.1. The number of nitrogens with two attached hydrogens (primary N) is 1. The smallest absolute Gasteiger partial charge is 0.251 e. The van der Waals surface area contributed by atoms with Crippen LogP contribution >= 0.6 is 0 Å². The molecular weight excluding hydrogens is 290 g/mol. The van der Waals surface area contributed by atoms with Crippen molar-refractivity contribution in [2.45, 2.75) is 12.8 Å². The Labute approximate surface area is 135 Å². The fourth-order valence-electron chi connectivity index (χ4n) is 2.90. The molecule has 0 bridgehead atoms. The van der Waals surface area contributed by atoms with E-state index in [0.717, 1.165) is 31.7 Å². The Morgan fingerprint density at radius 3 is 2.91 bits per heavy atom. The van der Waals surface area contributed by atoms with Crippen LogP contribution in [0.4, 0.5) is 11.6 Å². The molecule has 1 saturated heterocycles. The minimum Gasteiger partial charge on any atom is -0.384 e. The summed E-state index contributed by atoms with van der Waals surface area (Å²) >= 11 is 0. The number of piperidine rings is 1. The molecule has 1 amide bonds. The third-order valence-electron chi connectivity index (χ3n) is 4.10. The number of amides is 1. The lowest BCUT2D eigenvalue weighted by Crippen LogP contribution is -2.41. The Hall–Kier alpha value is -2.63. The number of aromatic nitrogens is 2. The number of hydrogen-bond donors (Lipinski definition) is 2. The molecule has 120 valence electrons. The van der Waals surface area contributed by atoms with Crippen LogP contribution in [0.5, 0.6) is 0 Å². The van der Waals surface area contributed by atoms with Crippen molar-refractivity contribution in [1.29, 1.82) is 0 Å². The number of nitrogen functional groups attached to an aromatic ring is 1. The predicted octanol–water partition coefficient (Wildman–Crippen LogP) is 1.71. The topological polar surface area (TPSA) is 84.1 Å². The van der Waals surface area contributed by atoms with Crippen LogP contribution in [0.15, 0.2) is 42.7 Å². The maximum absolute atomic E-state index is 12.1. The lowest BCUT2D eigenvalue weighted by molar-refractivity contribution is 0.0945. The molecule has 1 aromatic carbocycles. The van der Waals surface area contributed by atoms with E-state index in [0.29, 0.717) is 23.8 Å². The lowest BCUT2D eigenvalue weighted by Gasteiger charge is -2.33. The molecular formula is C17H21N5O. The molecule has 6 nitrogen and oxygen atoms in total. The third-order valence-corrected chi connectivity index (χ3v) is 4.10. The van der Waals surface area contributed by atoms with Crippen molar-refractivity contribution in [2.24, 2.45) is 5.92 Å². The molecule has 0 aliphatic carbocycles. The summed E-state index contributed by atoms with van der Waals surface area (Å²) in [6.07, 6.45) is 3.67. The number of rotatable bonds is 4. The number of carbonyl (C=O) groups is 1. The van der Waals surface area contributed by atoms with Crippen LogP contribution in [0.25, 0.3) is 0 Å². The van der Waals surface area contributed by atoms with E-state index >= 15 is 0 Å². The van der Waals surface area contributed by atoms with Gasteiger partial charge in [-0.05, 0) is 30.9 Å². The highest BCUT2D eigenvalue weighted by atomic mass is 16.1. The van der Waals surface area contributed by atoms with E-state index in [1.54, 1.807) is 6.07 Å². The van der Waals surface area contributed by atoms with E-state index in [1.807, 2.05) is 30.3 Å². The Kier molecular flexibility index (Phi) is 4.71. The molecule has 2 heterocycles. The number of nitrogens with one attached hydrogen (secondary N) is 1. The fraction of sp³-hybridized carbons (Fsp3) is 0.353. The minimum atomic E-state index is -0.0194. The largest absolute Gasteiger partial charge is 0.384 e. The highest BCUT2D eigenvalue weighted by Crippen LogP contribution is 2.21. The van der Waals surface area contributed by atoms with Gasteiger partial charge in [0.25, 0.3) is 5.91 Å². The molecule has 1 aliphatic rings. The minimum absolute atomic E-state index is 0.0194. The van der Waals surface area contributed by atoms with Gasteiger partial charge in [-0.2, -0.15) is 0 Å². The Morgan fingerprint density at radius 2 is 2.13 bits per heavy atom. The molecule has 1 aliphatic heterocycles. The van der Waals surface area contributed by atoms with Gasteiger partial charge in [0, 0.05) is 31.3 Å². The van der Waals surface area contributed by atoms with Crippen molar-refractivity contribution >= 4 is 17.5 Å². The van der Waals surface area contributed by atoms with E-state index < -0.39 is 0 Å². The molecule has 1 aromatic heterocycles. The molecule has 1 fully saturated rings. The third kappa shape index (κ3) is 3.97. The number of carbonyl (C=O) groups excluding carboxylic acids is 1. The van der Waals surface area contributed by atoms with Crippen molar-refractivity contribution in [3.63, 3.8) is 0 Å². The first-order valence-corrected chi connectivity index (χ1v) is 7.88. The van der Waals surface area contributed by atoms with Gasteiger partial charge in [-0.1, -0.05) is 18.2 Å². The first kappa shape index (κ1) is 15.3. The number of anilines is 2. The van der Waals surface area contributed by atoms with E-state index in [-0.39, 0.29) is 5.91 Å². The molecule has 3 N–H and O–H groups in total. The standard InChI is InChI=1S/C17H21N5O/c18-15-9-16(21-12-20-15)22-8-4-5-13(11-22)10-19-17(23)14-6-2-1-3-7-14/h1-3,6-7,9,12-13H,4-5,8,10-11H2,(H,19,23)(H2,18,20,21).